The number of hydrogen-bond acceptors (Lipinski definition) is 3. The van der Waals surface area contributed by atoms with Crippen LogP contribution in [0.15, 0.2) is 42.5 Å². The fraction of sp³-hybridized carbons (Fsp3) is 0.368. The Balaban J connectivity index is 2.17. The van der Waals surface area contributed by atoms with Crippen LogP contribution in [0.3, 0.4) is 0 Å². The SMILES string of the molecule is CC(C)CN(Cc1ccc(C(F)(F)F)cc1)Cc1ccc([N+](=O)[O-])cc1Cl. The highest BCUT2D eigenvalue weighted by Crippen LogP contribution is 2.29. The molecule has 2 aromatic carbocycles. The van der Waals surface area contributed by atoms with Crippen molar-refractivity contribution in [3.8, 4) is 0 Å². The maximum Gasteiger partial charge on any atom is 0.416 e. The van der Waals surface area contributed by atoms with Gasteiger partial charge in [-0.2, -0.15) is 13.2 Å². The van der Waals surface area contributed by atoms with Crippen LogP contribution < -0.4 is 0 Å². The number of non-ortho nitro benzene ring substituents is 1. The molecule has 0 atom stereocenters. The van der Waals surface area contributed by atoms with Crippen molar-refractivity contribution in [2.45, 2.75) is 33.1 Å². The zero-order valence-electron chi connectivity index (χ0n) is 15.0. The number of rotatable bonds is 7. The molecule has 8 heteroatoms. The van der Waals surface area contributed by atoms with Crippen LogP contribution in [-0.2, 0) is 19.3 Å². The van der Waals surface area contributed by atoms with Gasteiger partial charge in [-0.25, -0.2) is 0 Å². The van der Waals surface area contributed by atoms with E-state index < -0.39 is 16.7 Å². The third-order valence-corrected chi connectivity index (χ3v) is 4.30. The van der Waals surface area contributed by atoms with E-state index in [0.717, 1.165) is 23.3 Å². The van der Waals surface area contributed by atoms with Gasteiger partial charge >= 0.3 is 6.18 Å². The molecule has 0 radical (unpaired) electrons. The van der Waals surface area contributed by atoms with E-state index in [2.05, 4.69) is 4.90 Å². The van der Waals surface area contributed by atoms with E-state index >= 15 is 0 Å². The molecule has 4 nitrogen and oxygen atoms in total. The lowest BCUT2D eigenvalue weighted by Gasteiger charge is -2.25. The van der Waals surface area contributed by atoms with Crippen LogP contribution in [-0.4, -0.2) is 16.4 Å². The van der Waals surface area contributed by atoms with Gasteiger partial charge in [-0.15, -0.1) is 0 Å². The molecule has 0 aliphatic carbocycles. The molecule has 146 valence electrons. The third-order valence-electron chi connectivity index (χ3n) is 3.95. The van der Waals surface area contributed by atoms with Crippen LogP contribution in [0.2, 0.25) is 5.02 Å². The second-order valence-electron chi connectivity index (χ2n) is 6.79. The summed E-state index contributed by atoms with van der Waals surface area (Å²) in [7, 11) is 0. The first-order chi connectivity index (χ1) is 12.6. The molecule has 2 rings (SSSR count). The summed E-state index contributed by atoms with van der Waals surface area (Å²) in [6.45, 7) is 5.67. The minimum Gasteiger partial charge on any atom is -0.295 e. The Bertz CT molecular complexity index is 793. The van der Waals surface area contributed by atoms with Crippen LogP contribution in [0, 0.1) is 16.0 Å². The molecule has 0 unspecified atom stereocenters. The number of alkyl halides is 3. The van der Waals surface area contributed by atoms with E-state index in [9.17, 15) is 23.3 Å². The van der Waals surface area contributed by atoms with E-state index in [4.69, 9.17) is 11.6 Å². The standard InChI is InChI=1S/C19H20ClF3N2O2/c1-13(2)10-24(11-14-3-6-16(7-4-14)19(21,22)23)12-15-5-8-17(25(26)27)9-18(15)20/h3-9,13H,10-12H2,1-2H3. The molecule has 0 aliphatic heterocycles. The molecule has 0 fully saturated rings. The van der Waals surface area contributed by atoms with Crippen LogP contribution in [0.5, 0.6) is 0 Å². The number of nitro benzene ring substituents is 1. The number of benzene rings is 2. The van der Waals surface area contributed by atoms with Gasteiger partial charge in [-0.1, -0.05) is 37.6 Å². The minimum atomic E-state index is -4.36. The van der Waals surface area contributed by atoms with Crippen molar-refractivity contribution in [2.24, 2.45) is 5.92 Å². The predicted molar refractivity (Wildman–Crippen MR) is 98.5 cm³/mol. The fourth-order valence-electron chi connectivity index (χ4n) is 2.78. The summed E-state index contributed by atoms with van der Waals surface area (Å²) in [6, 6.07) is 9.39. The smallest absolute Gasteiger partial charge is 0.295 e. The molecular formula is C19H20ClF3N2O2. The molecule has 0 N–H and O–H groups in total. The zero-order chi connectivity index (χ0) is 20.2. The zero-order valence-corrected chi connectivity index (χ0v) is 15.7. The van der Waals surface area contributed by atoms with Crippen molar-refractivity contribution in [3.05, 3.63) is 74.3 Å². The van der Waals surface area contributed by atoms with Gasteiger partial charge in [-0.05, 0) is 35.2 Å². The Morgan fingerprint density at radius 2 is 1.74 bits per heavy atom. The predicted octanol–water partition coefficient (Wildman–Crippen LogP) is 5.93. The van der Waals surface area contributed by atoms with Gasteiger partial charge in [0.05, 0.1) is 15.5 Å². The molecule has 0 spiro atoms. The summed E-state index contributed by atoms with van der Waals surface area (Å²) in [5.41, 5.74) is 0.721. The third kappa shape index (κ3) is 6.22. The Kier molecular flexibility index (Phi) is 6.84. The lowest BCUT2D eigenvalue weighted by molar-refractivity contribution is -0.384. The van der Waals surface area contributed by atoms with Crippen molar-refractivity contribution in [2.75, 3.05) is 6.54 Å². The topological polar surface area (TPSA) is 46.4 Å². The summed E-state index contributed by atoms with van der Waals surface area (Å²) in [5.74, 6) is 0.330. The maximum atomic E-state index is 12.7. The highest BCUT2D eigenvalue weighted by molar-refractivity contribution is 6.31. The van der Waals surface area contributed by atoms with E-state index in [1.165, 1.54) is 24.3 Å². The molecule has 0 saturated heterocycles. The number of nitrogens with zero attached hydrogens (tertiary/aromatic N) is 2. The molecular weight excluding hydrogens is 381 g/mol. The molecule has 0 amide bonds. The average molecular weight is 401 g/mol. The van der Waals surface area contributed by atoms with E-state index in [0.29, 0.717) is 30.6 Å². The van der Waals surface area contributed by atoms with Crippen molar-refractivity contribution < 1.29 is 18.1 Å². The Morgan fingerprint density at radius 3 is 2.22 bits per heavy atom. The summed E-state index contributed by atoms with van der Waals surface area (Å²) in [4.78, 5) is 12.4. The summed E-state index contributed by atoms with van der Waals surface area (Å²) < 4.78 is 38.1. The lowest BCUT2D eigenvalue weighted by atomic mass is 10.1. The van der Waals surface area contributed by atoms with E-state index in [-0.39, 0.29) is 5.69 Å². The average Bonchev–Trinajstić information content (AvgIpc) is 2.55. The van der Waals surface area contributed by atoms with Gasteiger partial charge in [0.1, 0.15) is 0 Å². The second-order valence-corrected chi connectivity index (χ2v) is 7.20. The minimum absolute atomic E-state index is 0.0816. The largest absolute Gasteiger partial charge is 0.416 e. The maximum absolute atomic E-state index is 12.7. The van der Waals surface area contributed by atoms with E-state index in [1.807, 2.05) is 13.8 Å². The Morgan fingerprint density at radius 1 is 1.11 bits per heavy atom. The Hall–Kier alpha value is -2.12. The molecule has 0 heterocycles. The highest BCUT2D eigenvalue weighted by Gasteiger charge is 2.30. The monoisotopic (exact) mass is 400 g/mol. The number of halogens is 4. The molecule has 0 bridgehead atoms. The molecule has 27 heavy (non-hydrogen) atoms. The van der Waals surface area contributed by atoms with Crippen LogP contribution in [0.25, 0.3) is 0 Å². The van der Waals surface area contributed by atoms with Crippen molar-refractivity contribution in [1.82, 2.24) is 4.90 Å². The van der Waals surface area contributed by atoms with Gasteiger partial charge in [0.25, 0.3) is 5.69 Å². The lowest BCUT2D eigenvalue weighted by Crippen LogP contribution is -2.27. The van der Waals surface area contributed by atoms with Gasteiger partial charge < -0.3 is 0 Å². The van der Waals surface area contributed by atoms with Crippen LogP contribution >= 0.6 is 11.6 Å². The second kappa shape index (κ2) is 8.71. The fourth-order valence-corrected chi connectivity index (χ4v) is 3.01. The highest BCUT2D eigenvalue weighted by atomic mass is 35.5. The van der Waals surface area contributed by atoms with Gasteiger partial charge in [0.2, 0.25) is 0 Å². The Labute approximate surface area is 160 Å². The van der Waals surface area contributed by atoms with E-state index in [1.54, 1.807) is 6.07 Å². The molecule has 2 aromatic rings. The first kappa shape index (κ1) is 21.2. The van der Waals surface area contributed by atoms with Crippen molar-refractivity contribution in [1.29, 1.82) is 0 Å². The first-order valence-electron chi connectivity index (χ1n) is 8.37. The molecule has 0 aromatic heterocycles. The van der Waals surface area contributed by atoms with Gasteiger partial charge in [0, 0.05) is 31.8 Å². The number of hydrogen-bond donors (Lipinski definition) is 0. The summed E-state index contributed by atoms with van der Waals surface area (Å²) >= 11 is 6.17. The van der Waals surface area contributed by atoms with Crippen molar-refractivity contribution >= 4 is 17.3 Å². The van der Waals surface area contributed by atoms with Crippen LogP contribution in [0.1, 0.15) is 30.5 Å². The van der Waals surface area contributed by atoms with Gasteiger partial charge in [0.15, 0.2) is 0 Å². The molecule has 0 saturated carbocycles. The normalized spacial score (nSPS) is 12.0. The quantitative estimate of drug-likeness (QED) is 0.427. The first-order valence-corrected chi connectivity index (χ1v) is 8.75. The summed E-state index contributed by atoms with van der Waals surface area (Å²) in [6.07, 6.45) is -4.36. The summed E-state index contributed by atoms with van der Waals surface area (Å²) in [5, 5.41) is 11.1. The molecule has 0 aliphatic rings. The van der Waals surface area contributed by atoms with Crippen molar-refractivity contribution in [3.63, 3.8) is 0 Å². The van der Waals surface area contributed by atoms with Gasteiger partial charge in [-0.3, -0.25) is 15.0 Å². The van der Waals surface area contributed by atoms with Crippen LogP contribution in [0.4, 0.5) is 18.9 Å². The number of nitro groups is 1.